The Morgan fingerprint density at radius 3 is 2.73 bits per heavy atom. The molecule has 0 radical (unpaired) electrons. The van der Waals surface area contributed by atoms with E-state index in [2.05, 4.69) is 31.0 Å². The van der Waals surface area contributed by atoms with E-state index >= 15 is 0 Å². The van der Waals surface area contributed by atoms with Gasteiger partial charge in [0.25, 0.3) is 11.5 Å². The molecule has 4 aliphatic heterocycles. The molecule has 25 heteroatoms. The number of nitrogens with one attached hydrogen (secondary N) is 4. The molecule has 240 valence electrons. The van der Waals surface area contributed by atoms with Gasteiger partial charge in [0.15, 0.2) is 41.9 Å². The number of amides is 1. The van der Waals surface area contributed by atoms with Gasteiger partial charge in [0.1, 0.15) is 18.5 Å². The first kappa shape index (κ1) is 29.6. The van der Waals surface area contributed by atoms with E-state index < -0.39 is 93.7 Å². The molecule has 2 unspecified atom stereocenters. The minimum absolute atomic E-state index is 0.0458. The number of aromatic nitrogens is 4. The lowest BCUT2D eigenvalue weighted by molar-refractivity contribution is -0.127. The van der Waals surface area contributed by atoms with Crippen molar-refractivity contribution in [3.63, 3.8) is 0 Å². The van der Waals surface area contributed by atoms with Crippen molar-refractivity contribution in [2.45, 2.75) is 31.2 Å². The molecule has 3 aromatic heterocycles. The second kappa shape index (κ2) is 10.5. The monoisotopic (exact) mass is 675 g/mol. The highest BCUT2D eigenvalue weighted by Gasteiger charge is 2.55. The first-order chi connectivity index (χ1) is 21.3. The SMILES string of the molecule is NC1NC(=O)[C@@H]2NCN(C3=C4O[P+](O)(O)OCc5oc(-c6cnn7c(=O)[nH]cnc67)c(O)c5O[P+](O)(O)O/C=C(/O3)[C@H]4O)C2N1. The number of aromatic amines is 1. The van der Waals surface area contributed by atoms with E-state index in [4.69, 9.17) is 33.0 Å². The number of aliphatic hydroxyl groups is 1. The highest BCUT2D eigenvalue weighted by Crippen LogP contribution is 2.61. The summed E-state index contributed by atoms with van der Waals surface area (Å²) < 4.78 is 32.7. The molecule has 2 saturated heterocycles. The fraction of sp³-hybridized carbons (Fsp3) is 0.300. The van der Waals surface area contributed by atoms with Gasteiger partial charge >= 0.3 is 22.0 Å². The number of nitrogens with two attached hydrogens (primary N) is 1. The Kier molecular flexibility index (Phi) is 6.88. The van der Waals surface area contributed by atoms with Crippen molar-refractivity contribution in [3.8, 4) is 22.8 Å². The zero-order chi connectivity index (χ0) is 31.8. The van der Waals surface area contributed by atoms with Gasteiger partial charge in [-0.2, -0.15) is 29.2 Å². The number of H-pyrrole nitrogens is 1. The summed E-state index contributed by atoms with van der Waals surface area (Å²) in [5.41, 5.74) is 5.04. The number of rotatable bonds is 2. The van der Waals surface area contributed by atoms with E-state index in [1.807, 2.05) is 0 Å². The fourth-order valence-electron chi connectivity index (χ4n) is 4.89. The molecular formula is C20H23N9O14P2+2. The number of ether oxygens (including phenoxy) is 1. The van der Waals surface area contributed by atoms with Gasteiger partial charge < -0.3 is 29.6 Å². The Hall–Kier alpha value is -4.12. The lowest BCUT2D eigenvalue weighted by Crippen LogP contribution is -2.69. The predicted molar refractivity (Wildman–Crippen MR) is 142 cm³/mol. The van der Waals surface area contributed by atoms with Gasteiger partial charge in [-0.1, -0.05) is 0 Å². The number of carbonyl (C=O) groups is 1. The number of nitrogens with zero attached hydrogens (tertiary/aromatic N) is 4. The Morgan fingerprint density at radius 2 is 1.93 bits per heavy atom. The van der Waals surface area contributed by atoms with Gasteiger partial charge in [-0.25, -0.2) is 14.3 Å². The second-order valence-electron chi connectivity index (χ2n) is 9.68. The Labute approximate surface area is 249 Å². The van der Waals surface area contributed by atoms with Crippen LogP contribution in [0.25, 0.3) is 17.0 Å². The summed E-state index contributed by atoms with van der Waals surface area (Å²) in [5.74, 6) is -4.52. The van der Waals surface area contributed by atoms with E-state index in [1.54, 1.807) is 0 Å². The van der Waals surface area contributed by atoms with Crippen LogP contribution in [-0.4, -0.2) is 91.4 Å². The Balaban J connectivity index is 1.26. The summed E-state index contributed by atoms with van der Waals surface area (Å²) in [7, 11) is -9.92. The molecule has 0 saturated carbocycles. The summed E-state index contributed by atoms with van der Waals surface area (Å²) in [6, 6.07) is -0.851. The molecule has 2 bridgehead atoms. The zero-order valence-corrected chi connectivity index (χ0v) is 24.0. The summed E-state index contributed by atoms with van der Waals surface area (Å²) in [5, 5.41) is 34.0. The second-order valence-corrected chi connectivity index (χ2v) is 12.5. The molecule has 4 atom stereocenters. The van der Waals surface area contributed by atoms with Crippen molar-refractivity contribution < 1.29 is 61.8 Å². The highest BCUT2D eigenvalue weighted by molar-refractivity contribution is 7.55. The lowest BCUT2D eigenvalue weighted by atomic mass is 10.2. The van der Waals surface area contributed by atoms with Crippen molar-refractivity contribution in [3.05, 3.63) is 52.4 Å². The molecule has 0 aromatic carbocycles. The predicted octanol–water partition coefficient (Wildman–Crippen LogP) is -3.43. The van der Waals surface area contributed by atoms with Crippen LogP contribution in [0.5, 0.6) is 11.5 Å². The summed E-state index contributed by atoms with van der Waals surface area (Å²) >= 11 is 0. The third-order valence-electron chi connectivity index (χ3n) is 6.83. The van der Waals surface area contributed by atoms with Crippen LogP contribution in [-0.2, 0) is 29.7 Å². The smallest absolute Gasteiger partial charge is 0.501 e. The van der Waals surface area contributed by atoms with E-state index in [0.29, 0.717) is 6.26 Å². The number of hydrogen-bond acceptors (Lipinski definition) is 20. The quantitative estimate of drug-likeness (QED) is 0.118. The topological polar surface area (TPSA) is 326 Å². The lowest BCUT2D eigenvalue weighted by Gasteiger charge is -2.35. The molecule has 45 heavy (non-hydrogen) atoms. The van der Waals surface area contributed by atoms with Crippen LogP contribution >= 0.6 is 16.3 Å². The maximum Gasteiger partial charge on any atom is 0.663 e. The molecule has 7 heterocycles. The maximum absolute atomic E-state index is 12.4. The third-order valence-corrected chi connectivity index (χ3v) is 8.53. The standard InChI is InChI=1S/C20H21N9O14P2/c21-19-26-16-9(17(32)27-19)24-5-28(16)18-14-10(30)7(41-18)2-38-44(34,35)42-13-8(3-39-45(36,37)43-14)40-12(11(13)31)6-1-25-29-15(6)22-4-23-20(29)33/h1-2,4,9-10,16,19,24,26,30,34-37H,3,5,21H2,(H-2,22,23,25,27,31,32,33)/p+2/b7-2+/t9-,10-,16?,19?/m1/s1. The van der Waals surface area contributed by atoms with Crippen molar-refractivity contribution >= 4 is 27.9 Å². The first-order valence-corrected chi connectivity index (χ1v) is 15.7. The largest absolute Gasteiger partial charge is 0.663 e. The number of carbonyl (C=O) groups excluding carboxylic acids is 1. The van der Waals surface area contributed by atoms with Gasteiger partial charge in [0.2, 0.25) is 17.5 Å². The van der Waals surface area contributed by atoms with Crippen molar-refractivity contribution in [1.29, 1.82) is 0 Å². The molecule has 3 aromatic rings. The number of aromatic hydroxyl groups is 1. The van der Waals surface area contributed by atoms with Crippen molar-refractivity contribution in [1.82, 2.24) is 40.4 Å². The number of aliphatic hydroxyl groups excluding tert-OH is 1. The zero-order valence-electron chi connectivity index (χ0n) is 22.2. The van der Waals surface area contributed by atoms with Crippen molar-refractivity contribution in [2.24, 2.45) is 5.73 Å². The molecule has 0 spiro atoms. The first-order valence-electron chi connectivity index (χ1n) is 12.6. The van der Waals surface area contributed by atoms with Crippen LogP contribution in [0.3, 0.4) is 0 Å². The van der Waals surface area contributed by atoms with Crippen LogP contribution in [0, 0.1) is 0 Å². The molecule has 0 aliphatic carbocycles. The summed E-state index contributed by atoms with van der Waals surface area (Å²) in [4.78, 5) is 74.8. The molecule has 12 N–H and O–H groups in total. The molecule has 2 fully saturated rings. The molecule has 7 rings (SSSR count). The van der Waals surface area contributed by atoms with E-state index in [9.17, 15) is 39.4 Å². The van der Waals surface area contributed by atoms with Gasteiger partial charge in [-0.15, -0.1) is 4.52 Å². The van der Waals surface area contributed by atoms with Crippen LogP contribution < -0.4 is 31.9 Å². The molecule has 1 amide bonds. The third kappa shape index (κ3) is 5.10. The van der Waals surface area contributed by atoms with Gasteiger partial charge in [-0.05, 0) is 0 Å². The van der Waals surface area contributed by atoms with Gasteiger partial charge in [0.05, 0.1) is 24.8 Å². The molecule has 4 aliphatic rings. The minimum atomic E-state index is -4.97. The number of furan rings is 1. The Bertz CT molecular complexity index is 1820. The molecule has 23 nitrogen and oxygen atoms in total. The van der Waals surface area contributed by atoms with Crippen LogP contribution in [0.1, 0.15) is 5.76 Å². The van der Waals surface area contributed by atoms with Gasteiger partial charge in [-0.3, -0.25) is 35.2 Å². The average Bonchev–Trinajstić information content (AvgIpc) is 3.72. The Morgan fingerprint density at radius 1 is 1.13 bits per heavy atom. The fourth-order valence-corrected chi connectivity index (χ4v) is 6.37. The normalized spacial score (nSPS) is 28.6. The van der Waals surface area contributed by atoms with E-state index in [1.165, 1.54) is 4.90 Å². The van der Waals surface area contributed by atoms with Gasteiger partial charge in [0, 0.05) is 0 Å². The van der Waals surface area contributed by atoms with Crippen LogP contribution in [0.15, 0.2) is 45.4 Å². The summed E-state index contributed by atoms with van der Waals surface area (Å²) in [6.45, 7) is -1.03. The highest BCUT2D eigenvalue weighted by atomic mass is 31.2. The molecular weight excluding hydrogens is 652 g/mol. The van der Waals surface area contributed by atoms with E-state index in [-0.39, 0.29) is 23.8 Å². The maximum atomic E-state index is 12.4. The van der Waals surface area contributed by atoms with Crippen LogP contribution in [0.4, 0.5) is 0 Å². The van der Waals surface area contributed by atoms with Crippen molar-refractivity contribution in [2.75, 3.05) is 6.67 Å². The van der Waals surface area contributed by atoms with Crippen LogP contribution in [0.2, 0.25) is 0 Å². The number of hydrogen-bond donors (Lipinski definition) is 11. The average molecular weight is 675 g/mol. The number of fused-ring (bicyclic) bond motifs is 5. The van der Waals surface area contributed by atoms with E-state index in [0.717, 1.165) is 17.0 Å². The minimum Gasteiger partial charge on any atom is -0.501 e. The summed E-state index contributed by atoms with van der Waals surface area (Å²) in [6.07, 6.45) is -1.02.